The molecule has 2 aromatic rings. The van der Waals surface area contributed by atoms with Gasteiger partial charge in [-0.15, -0.1) is 0 Å². The number of Topliss-reactive ketones (excluding diaryl/α,β-unsaturated/α-hetero) is 1. The summed E-state index contributed by atoms with van der Waals surface area (Å²) in [6, 6.07) is 13.8. The highest BCUT2D eigenvalue weighted by Gasteiger charge is 2.25. The number of nitrogens with zero attached hydrogens (tertiary/aromatic N) is 1. The van der Waals surface area contributed by atoms with Gasteiger partial charge >= 0.3 is 0 Å². The molecule has 0 amide bonds. The molecule has 0 saturated carbocycles. The Hall–Kier alpha value is -2.75. The van der Waals surface area contributed by atoms with E-state index in [2.05, 4.69) is 0 Å². The lowest BCUT2D eigenvalue weighted by Gasteiger charge is -2.08. The van der Waals surface area contributed by atoms with Crippen molar-refractivity contribution in [3.05, 3.63) is 81.4 Å². The molecule has 2 aromatic carbocycles. The lowest BCUT2D eigenvalue weighted by molar-refractivity contribution is -0.385. The van der Waals surface area contributed by atoms with E-state index in [9.17, 15) is 14.9 Å². The molecule has 0 fully saturated rings. The Labute approximate surface area is 121 Å². The van der Waals surface area contributed by atoms with Gasteiger partial charge in [-0.1, -0.05) is 42.5 Å². The van der Waals surface area contributed by atoms with E-state index in [1.807, 2.05) is 24.3 Å². The van der Waals surface area contributed by atoms with E-state index in [0.717, 1.165) is 12.0 Å². The molecule has 4 heteroatoms. The van der Waals surface area contributed by atoms with Gasteiger partial charge in [-0.05, 0) is 24.5 Å². The summed E-state index contributed by atoms with van der Waals surface area (Å²) in [5.74, 6) is -0.141. The molecule has 0 saturated heterocycles. The number of hydrogen-bond acceptors (Lipinski definition) is 3. The Kier molecular flexibility index (Phi) is 3.36. The molecule has 1 aliphatic carbocycles. The Bertz CT molecular complexity index is 762. The van der Waals surface area contributed by atoms with Gasteiger partial charge in [-0.3, -0.25) is 14.9 Å². The highest BCUT2D eigenvalue weighted by Crippen LogP contribution is 2.31. The van der Waals surface area contributed by atoms with Crippen LogP contribution in [0.5, 0.6) is 0 Å². The van der Waals surface area contributed by atoms with Crippen molar-refractivity contribution in [2.75, 3.05) is 0 Å². The molecule has 1 aliphatic rings. The number of para-hydroxylation sites is 1. The minimum atomic E-state index is -0.444. The second kappa shape index (κ2) is 5.32. The van der Waals surface area contributed by atoms with Gasteiger partial charge in [0.15, 0.2) is 5.78 Å². The normalized spacial score (nSPS) is 14.1. The largest absolute Gasteiger partial charge is 0.289 e. The second-order valence-corrected chi connectivity index (χ2v) is 4.92. The van der Waals surface area contributed by atoms with Gasteiger partial charge in [0.25, 0.3) is 5.69 Å². The molecule has 0 radical (unpaired) electrons. The molecule has 0 aliphatic heterocycles. The van der Waals surface area contributed by atoms with Gasteiger partial charge in [0.05, 0.1) is 10.5 Å². The Balaban J connectivity index is 2.14. The first-order valence-corrected chi connectivity index (χ1v) is 6.75. The number of rotatable bonds is 2. The number of carbonyl (C=O) groups excluding carboxylic acids is 1. The van der Waals surface area contributed by atoms with Crippen LogP contribution in [-0.4, -0.2) is 10.7 Å². The van der Waals surface area contributed by atoms with E-state index in [1.54, 1.807) is 24.3 Å². The monoisotopic (exact) mass is 279 g/mol. The van der Waals surface area contributed by atoms with Crippen molar-refractivity contribution in [2.24, 2.45) is 0 Å². The highest BCUT2D eigenvalue weighted by molar-refractivity contribution is 6.30. The minimum Gasteiger partial charge on any atom is -0.289 e. The fraction of sp³-hybridized carbons (Fsp3) is 0.118. The van der Waals surface area contributed by atoms with E-state index in [1.165, 1.54) is 6.07 Å². The van der Waals surface area contributed by atoms with Crippen LogP contribution in [-0.2, 0) is 6.42 Å². The number of ketones is 1. The smallest absolute Gasteiger partial charge is 0.277 e. The van der Waals surface area contributed by atoms with Gasteiger partial charge in [0, 0.05) is 17.2 Å². The SMILES string of the molecule is O=C1C(c2ccccc2[N+](=O)[O-])=CCCc2ccccc21. The van der Waals surface area contributed by atoms with Crippen LogP contribution in [0, 0.1) is 10.1 Å². The van der Waals surface area contributed by atoms with Crippen molar-refractivity contribution in [1.29, 1.82) is 0 Å². The molecule has 0 N–H and O–H groups in total. The number of fused-ring (bicyclic) bond motifs is 1. The predicted molar refractivity (Wildman–Crippen MR) is 80.2 cm³/mol. The molecule has 104 valence electrons. The van der Waals surface area contributed by atoms with Crippen LogP contribution in [0.25, 0.3) is 5.57 Å². The fourth-order valence-corrected chi connectivity index (χ4v) is 2.66. The van der Waals surface area contributed by atoms with Crippen LogP contribution < -0.4 is 0 Å². The van der Waals surface area contributed by atoms with Gasteiger partial charge in [-0.2, -0.15) is 0 Å². The molecule has 0 bridgehead atoms. The fourth-order valence-electron chi connectivity index (χ4n) is 2.66. The summed E-state index contributed by atoms with van der Waals surface area (Å²) >= 11 is 0. The van der Waals surface area contributed by atoms with E-state index in [4.69, 9.17) is 0 Å². The molecule has 4 nitrogen and oxygen atoms in total. The van der Waals surface area contributed by atoms with Crippen LogP contribution in [0.1, 0.15) is 27.9 Å². The topological polar surface area (TPSA) is 60.2 Å². The number of allylic oxidation sites excluding steroid dienone is 2. The molecule has 3 rings (SSSR count). The van der Waals surface area contributed by atoms with E-state index < -0.39 is 4.92 Å². The van der Waals surface area contributed by atoms with Crippen molar-refractivity contribution < 1.29 is 9.72 Å². The van der Waals surface area contributed by atoms with Crippen molar-refractivity contribution in [2.45, 2.75) is 12.8 Å². The summed E-state index contributed by atoms with van der Waals surface area (Å²) < 4.78 is 0. The van der Waals surface area contributed by atoms with E-state index >= 15 is 0 Å². The summed E-state index contributed by atoms with van der Waals surface area (Å²) in [4.78, 5) is 23.4. The number of hydrogen-bond donors (Lipinski definition) is 0. The van der Waals surface area contributed by atoms with E-state index in [0.29, 0.717) is 23.1 Å². The third kappa shape index (κ3) is 2.36. The average molecular weight is 279 g/mol. The zero-order valence-corrected chi connectivity index (χ0v) is 11.3. The van der Waals surface area contributed by atoms with Crippen molar-refractivity contribution in [3.63, 3.8) is 0 Å². The molecular formula is C17H13NO3. The maximum Gasteiger partial charge on any atom is 0.277 e. The molecule has 0 unspecified atom stereocenters. The number of aryl methyl sites for hydroxylation is 1. The molecule has 0 heterocycles. The average Bonchev–Trinajstić information content (AvgIpc) is 2.67. The van der Waals surface area contributed by atoms with Gasteiger partial charge < -0.3 is 0 Å². The third-order valence-electron chi connectivity index (χ3n) is 3.66. The van der Waals surface area contributed by atoms with Crippen LogP contribution in [0.15, 0.2) is 54.6 Å². The first-order valence-electron chi connectivity index (χ1n) is 6.75. The number of nitro benzene ring substituents is 1. The first kappa shape index (κ1) is 13.2. The summed E-state index contributed by atoms with van der Waals surface area (Å²) in [5.41, 5.74) is 2.42. The Morgan fingerprint density at radius 3 is 2.38 bits per heavy atom. The lowest BCUT2D eigenvalue weighted by Crippen LogP contribution is -2.06. The summed E-state index contributed by atoms with van der Waals surface area (Å²) in [6.45, 7) is 0. The van der Waals surface area contributed by atoms with Crippen LogP contribution in [0.4, 0.5) is 5.69 Å². The molecule has 0 atom stereocenters. The second-order valence-electron chi connectivity index (χ2n) is 4.92. The molecule has 21 heavy (non-hydrogen) atoms. The Morgan fingerprint density at radius 1 is 0.952 bits per heavy atom. The molecule has 0 spiro atoms. The molecule has 0 aromatic heterocycles. The maximum atomic E-state index is 12.7. The van der Waals surface area contributed by atoms with Crippen molar-refractivity contribution in [3.8, 4) is 0 Å². The predicted octanol–water partition coefficient (Wildman–Crippen LogP) is 3.81. The minimum absolute atomic E-state index is 0.0310. The Morgan fingerprint density at radius 2 is 1.62 bits per heavy atom. The van der Waals surface area contributed by atoms with Gasteiger partial charge in [0.2, 0.25) is 0 Å². The quantitative estimate of drug-likeness (QED) is 0.620. The maximum absolute atomic E-state index is 12.7. The van der Waals surface area contributed by atoms with Gasteiger partial charge in [-0.25, -0.2) is 0 Å². The number of carbonyl (C=O) groups is 1. The molecular weight excluding hydrogens is 266 g/mol. The third-order valence-corrected chi connectivity index (χ3v) is 3.66. The van der Waals surface area contributed by atoms with E-state index in [-0.39, 0.29) is 11.5 Å². The number of benzene rings is 2. The standard InChI is InChI=1S/C17H13NO3/c19-17-13-8-2-1-6-12(13)7-5-10-15(17)14-9-3-4-11-16(14)18(20)21/h1-4,6,8-11H,5,7H2. The highest BCUT2D eigenvalue weighted by atomic mass is 16.6. The summed E-state index contributed by atoms with van der Waals surface area (Å²) in [7, 11) is 0. The summed E-state index contributed by atoms with van der Waals surface area (Å²) in [6.07, 6.45) is 3.28. The zero-order valence-electron chi connectivity index (χ0n) is 11.3. The van der Waals surface area contributed by atoms with Crippen molar-refractivity contribution in [1.82, 2.24) is 0 Å². The lowest BCUT2D eigenvalue weighted by atomic mass is 9.94. The van der Waals surface area contributed by atoms with Gasteiger partial charge in [0.1, 0.15) is 0 Å². The number of nitro groups is 1. The summed E-state index contributed by atoms with van der Waals surface area (Å²) in [5, 5.41) is 11.2. The van der Waals surface area contributed by atoms with Crippen LogP contribution in [0.2, 0.25) is 0 Å². The van der Waals surface area contributed by atoms with Crippen LogP contribution >= 0.6 is 0 Å². The van der Waals surface area contributed by atoms with Crippen LogP contribution in [0.3, 0.4) is 0 Å². The van der Waals surface area contributed by atoms with Crippen molar-refractivity contribution >= 4 is 17.0 Å². The zero-order chi connectivity index (χ0) is 14.8. The first-order chi connectivity index (χ1) is 10.2.